The van der Waals surface area contributed by atoms with E-state index in [1.165, 1.54) is 0 Å². The van der Waals surface area contributed by atoms with Crippen LogP contribution in [-0.4, -0.2) is 31.3 Å². The fourth-order valence-corrected chi connectivity index (χ4v) is 2.37. The quantitative estimate of drug-likeness (QED) is 0.753. The van der Waals surface area contributed by atoms with Crippen LogP contribution in [-0.2, 0) is 20.0 Å². The molecule has 6 nitrogen and oxygen atoms in total. The smallest absolute Gasteiger partial charge is 0.0918 e. The Morgan fingerprint density at radius 3 is 2.95 bits per heavy atom. The molecule has 0 bridgehead atoms. The fourth-order valence-electron chi connectivity index (χ4n) is 2.37. The number of aromatic nitrogens is 5. The van der Waals surface area contributed by atoms with Crippen LogP contribution in [0.4, 0.5) is 0 Å². The molecule has 104 valence electrons. The third-order valence-corrected chi connectivity index (χ3v) is 3.37. The van der Waals surface area contributed by atoms with E-state index in [4.69, 9.17) is 5.73 Å². The zero-order valence-electron chi connectivity index (χ0n) is 11.5. The van der Waals surface area contributed by atoms with Crippen molar-refractivity contribution in [2.24, 2.45) is 12.8 Å². The van der Waals surface area contributed by atoms with Crippen molar-refractivity contribution >= 4 is 10.9 Å². The second kappa shape index (κ2) is 5.42. The molecule has 3 aromatic rings. The number of benzene rings is 1. The Morgan fingerprint density at radius 1 is 1.25 bits per heavy atom. The van der Waals surface area contributed by atoms with Gasteiger partial charge in [0.1, 0.15) is 0 Å². The molecule has 0 saturated carbocycles. The predicted molar refractivity (Wildman–Crippen MR) is 77.2 cm³/mol. The summed E-state index contributed by atoms with van der Waals surface area (Å²) in [6, 6.07) is 8.21. The number of aryl methyl sites for hydroxylation is 2. The van der Waals surface area contributed by atoms with E-state index < -0.39 is 0 Å². The van der Waals surface area contributed by atoms with Gasteiger partial charge in [0.2, 0.25) is 0 Å². The van der Waals surface area contributed by atoms with Crippen molar-refractivity contribution in [3.8, 4) is 0 Å². The standard InChI is InChI=1S/C14H18N6/c1-19-14-7-3-2-6-12(14)13(17-19)10-20-9-11(16-18-20)5-4-8-15/h2-3,6-7,9H,4-5,8,10,15H2,1H3. The van der Waals surface area contributed by atoms with E-state index in [-0.39, 0.29) is 0 Å². The summed E-state index contributed by atoms with van der Waals surface area (Å²) in [7, 11) is 1.96. The monoisotopic (exact) mass is 270 g/mol. The van der Waals surface area contributed by atoms with Crippen molar-refractivity contribution in [1.29, 1.82) is 0 Å². The summed E-state index contributed by atoms with van der Waals surface area (Å²) in [5.41, 5.74) is 8.63. The molecule has 0 spiro atoms. The first-order valence-corrected chi connectivity index (χ1v) is 6.77. The molecule has 0 saturated heterocycles. The van der Waals surface area contributed by atoms with E-state index in [0.29, 0.717) is 13.1 Å². The van der Waals surface area contributed by atoms with Gasteiger partial charge in [-0.2, -0.15) is 5.10 Å². The fraction of sp³-hybridized carbons (Fsp3) is 0.357. The molecule has 0 fully saturated rings. The van der Waals surface area contributed by atoms with E-state index in [9.17, 15) is 0 Å². The van der Waals surface area contributed by atoms with Crippen LogP contribution in [0.15, 0.2) is 30.5 Å². The molecule has 0 aliphatic rings. The van der Waals surface area contributed by atoms with E-state index >= 15 is 0 Å². The van der Waals surface area contributed by atoms with Gasteiger partial charge in [-0.05, 0) is 25.5 Å². The lowest BCUT2D eigenvalue weighted by Gasteiger charge is -1.97. The van der Waals surface area contributed by atoms with Crippen molar-refractivity contribution in [3.63, 3.8) is 0 Å². The molecule has 3 rings (SSSR count). The normalized spacial score (nSPS) is 11.3. The summed E-state index contributed by atoms with van der Waals surface area (Å²) in [4.78, 5) is 0. The first kappa shape index (κ1) is 12.8. The molecule has 0 aliphatic heterocycles. The van der Waals surface area contributed by atoms with Crippen molar-refractivity contribution in [1.82, 2.24) is 24.8 Å². The highest BCUT2D eigenvalue weighted by molar-refractivity contribution is 5.81. The van der Waals surface area contributed by atoms with Gasteiger partial charge in [0.25, 0.3) is 0 Å². The SMILES string of the molecule is Cn1nc(Cn2cc(CCCN)nn2)c2ccccc21. The van der Waals surface area contributed by atoms with Crippen LogP contribution in [0.5, 0.6) is 0 Å². The highest BCUT2D eigenvalue weighted by Gasteiger charge is 2.09. The van der Waals surface area contributed by atoms with Crippen LogP contribution in [0.2, 0.25) is 0 Å². The number of hydrogen-bond donors (Lipinski definition) is 1. The molecule has 0 aliphatic carbocycles. The van der Waals surface area contributed by atoms with Crippen LogP contribution in [0.3, 0.4) is 0 Å². The third kappa shape index (κ3) is 2.42. The Kier molecular flexibility index (Phi) is 3.47. The lowest BCUT2D eigenvalue weighted by atomic mass is 10.2. The Bertz CT molecular complexity index is 711. The Balaban J connectivity index is 1.84. The molecule has 0 amide bonds. The van der Waals surface area contributed by atoms with Gasteiger partial charge in [-0.15, -0.1) is 5.10 Å². The van der Waals surface area contributed by atoms with Gasteiger partial charge in [-0.3, -0.25) is 4.68 Å². The van der Waals surface area contributed by atoms with E-state index in [0.717, 1.165) is 35.1 Å². The Morgan fingerprint density at radius 2 is 2.10 bits per heavy atom. The minimum absolute atomic E-state index is 0.636. The summed E-state index contributed by atoms with van der Waals surface area (Å²) in [6.45, 7) is 1.31. The second-order valence-electron chi connectivity index (χ2n) is 4.89. The molecule has 2 N–H and O–H groups in total. The minimum atomic E-state index is 0.636. The molecule has 0 atom stereocenters. The molecule has 0 unspecified atom stereocenters. The van der Waals surface area contributed by atoms with Gasteiger partial charge in [-0.25, -0.2) is 4.68 Å². The topological polar surface area (TPSA) is 74.5 Å². The molecule has 2 aromatic heterocycles. The second-order valence-corrected chi connectivity index (χ2v) is 4.89. The van der Waals surface area contributed by atoms with E-state index in [1.807, 2.05) is 34.7 Å². The highest BCUT2D eigenvalue weighted by atomic mass is 15.4. The van der Waals surface area contributed by atoms with Gasteiger partial charge in [0.05, 0.1) is 23.4 Å². The van der Waals surface area contributed by atoms with Crippen LogP contribution >= 0.6 is 0 Å². The van der Waals surface area contributed by atoms with Gasteiger partial charge in [0, 0.05) is 18.6 Å². The number of rotatable bonds is 5. The minimum Gasteiger partial charge on any atom is -0.330 e. The number of nitrogens with two attached hydrogens (primary N) is 1. The summed E-state index contributed by atoms with van der Waals surface area (Å²) in [5, 5.41) is 14.0. The zero-order chi connectivity index (χ0) is 13.9. The summed E-state index contributed by atoms with van der Waals surface area (Å²) >= 11 is 0. The summed E-state index contributed by atoms with van der Waals surface area (Å²) in [6.07, 6.45) is 3.78. The maximum absolute atomic E-state index is 5.50. The lowest BCUT2D eigenvalue weighted by molar-refractivity contribution is 0.627. The molecular formula is C14H18N6. The van der Waals surface area contributed by atoms with Crippen LogP contribution in [0.25, 0.3) is 10.9 Å². The van der Waals surface area contributed by atoms with Gasteiger partial charge in [0.15, 0.2) is 0 Å². The van der Waals surface area contributed by atoms with E-state index in [2.05, 4.69) is 27.5 Å². The van der Waals surface area contributed by atoms with Gasteiger partial charge < -0.3 is 5.73 Å². The third-order valence-electron chi connectivity index (χ3n) is 3.37. The Hall–Kier alpha value is -2.21. The van der Waals surface area contributed by atoms with Gasteiger partial charge >= 0.3 is 0 Å². The number of fused-ring (bicyclic) bond motifs is 1. The molecule has 2 heterocycles. The summed E-state index contributed by atoms with van der Waals surface area (Å²) < 4.78 is 3.73. The van der Waals surface area contributed by atoms with Crippen LogP contribution in [0, 0.1) is 0 Å². The van der Waals surface area contributed by atoms with Crippen molar-refractivity contribution < 1.29 is 0 Å². The van der Waals surface area contributed by atoms with E-state index in [1.54, 1.807) is 0 Å². The largest absolute Gasteiger partial charge is 0.330 e. The van der Waals surface area contributed by atoms with Crippen LogP contribution < -0.4 is 5.73 Å². The van der Waals surface area contributed by atoms with Crippen molar-refractivity contribution in [2.75, 3.05) is 6.54 Å². The molecule has 20 heavy (non-hydrogen) atoms. The average molecular weight is 270 g/mol. The number of hydrogen-bond acceptors (Lipinski definition) is 4. The van der Waals surface area contributed by atoms with Gasteiger partial charge in [-0.1, -0.05) is 23.4 Å². The predicted octanol–water partition coefficient (Wildman–Crippen LogP) is 1.10. The first-order valence-electron chi connectivity index (χ1n) is 6.77. The highest BCUT2D eigenvalue weighted by Crippen LogP contribution is 2.18. The van der Waals surface area contributed by atoms with Crippen molar-refractivity contribution in [2.45, 2.75) is 19.4 Å². The molecule has 1 aromatic carbocycles. The number of nitrogens with zero attached hydrogens (tertiary/aromatic N) is 5. The van der Waals surface area contributed by atoms with Crippen LogP contribution in [0.1, 0.15) is 17.8 Å². The zero-order valence-corrected chi connectivity index (χ0v) is 11.5. The van der Waals surface area contributed by atoms with Crippen molar-refractivity contribution in [3.05, 3.63) is 41.9 Å². The summed E-state index contributed by atoms with van der Waals surface area (Å²) in [5.74, 6) is 0. The molecule has 6 heteroatoms. The molecular weight excluding hydrogens is 252 g/mol. The average Bonchev–Trinajstić information content (AvgIpc) is 3.03. The Labute approximate surface area is 117 Å². The number of para-hydroxylation sites is 1. The first-order chi connectivity index (χ1) is 9.78. The maximum atomic E-state index is 5.50. The maximum Gasteiger partial charge on any atom is 0.0918 e. The molecule has 0 radical (unpaired) electrons. The lowest BCUT2D eigenvalue weighted by Crippen LogP contribution is -2.02.